The molecule has 2 aromatic carbocycles. The standard InChI is InChI=1S/C20H20FNS2/c1-2-6-18-19(13-15-7-4-3-5-8-15)24-20(23)22(18)14-16-9-11-17(21)12-10-16/h3-5,7-13,18H,2,6,14H2,1H3/b19-13-. The first-order valence-electron chi connectivity index (χ1n) is 8.17. The van der Waals surface area contributed by atoms with Gasteiger partial charge in [-0.15, -0.1) is 0 Å². The van der Waals surface area contributed by atoms with Gasteiger partial charge in [-0.05, 0) is 35.8 Å². The summed E-state index contributed by atoms with van der Waals surface area (Å²) in [6.45, 7) is 2.92. The van der Waals surface area contributed by atoms with Crippen molar-refractivity contribution in [1.82, 2.24) is 4.90 Å². The number of hydrogen-bond donors (Lipinski definition) is 0. The lowest BCUT2D eigenvalue weighted by Crippen LogP contribution is -2.31. The molecule has 1 saturated heterocycles. The van der Waals surface area contributed by atoms with Crippen LogP contribution in [0.3, 0.4) is 0 Å². The van der Waals surface area contributed by atoms with Crippen molar-refractivity contribution in [2.75, 3.05) is 0 Å². The Labute approximate surface area is 152 Å². The Balaban J connectivity index is 1.84. The van der Waals surface area contributed by atoms with Crippen LogP contribution in [0.4, 0.5) is 4.39 Å². The van der Waals surface area contributed by atoms with Crippen LogP contribution in [0.25, 0.3) is 6.08 Å². The fraction of sp³-hybridized carbons (Fsp3) is 0.250. The lowest BCUT2D eigenvalue weighted by Gasteiger charge is -2.26. The first-order valence-corrected chi connectivity index (χ1v) is 9.39. The first kappa shape index (κ1) is 17.2. The number of halogens is 1. The van der Waals surface area contributed by atoms with Crippen LogP contribution in [-0.4, -0.2) is 15.3 Å². The van der Waals surface area contributed by atoms with E-state index in [9.17, 15) is 4.39 Å². The maximum Gasteiger partial charge on any atom is 0.141 e. The average Bonchev–Trinajstić information content (AvgIpc) is 2.87. The minimum atomic E-state index is -0.202. The van der Waals surface area contributed by atoms with Crippen LogP contribution in [-0.2, 0) is 6.54 Å². The summed E-state index contributed by atoms with van der Waals surface area (Å²) in [6, 6.07) is 17.4. The quantitative estimate of drug-likeness (QED) is 0.616. The van der Waals surface area contributed by atoms with Crippen LogP contribution in [0.15, 0.2) is 59.5 Å². The molecule has 4 heteroatoms. The summed E-state index contributed by atoms with van der Waals surface area (Å²) in [4.78, 5) is 3.57. The van der Waals surface area contributed by atoms with E-state index in [1.54, 1.807) is 11.8 Å². The van der Waals surface area contributed by atoms with E-state index in [0.29, 0.717) is 6.04 Å². The summed E-state index contributed by atoms with van der Waals surface area (Å²) >= 11 is 7.31. The molecule has 0 spiro atoms. The van der Waals surface area contributed by atoms with Crippen LogP contribution in [0, 0.1) is 5.82 Å². The van der Waals surface area contributed by atoms with Gasteiger partial charge in [-0.1, -0.05) is 79.8 Å². The number of nitrogens with zero attached hydrogens (tertiary/aromatic N) is 1. The lowest BCUT2D eigenvalue weighted by molar-refractivity contribution is 0.348. The van der Waals surface area contributed by atoms with Crippen molar-refractivity contribution >= 4 is 34.4 Å². The second-order valence-corrected chi connectivity index (χ2v) is 7.59. The van der Waals surface area contributed by atoms with Crippen molar-refractivity contribution in [1.29, 1.82) is 0 Å². The molecule has 0 aliphatic carbocycles. The predicted octanol–water partition coefficient (Wildman–Crippen LogP) is 5.87. The number of thioether (sulfide) groups is 1. The normalized spacial score (nSPS) is 19.2. The number of rotatable bonds is 5. The highest BCUT2D eigenvalue weighted by molar-refractivity contribution is 8.26. The molecule has 3 rings (SSSR count). The third-order valence-corrected chi connectivity index (χ3v) is 5.60. The van der Waals surface area contributed by atoms with Crippen molar-refractivity contribution in [3.63, 3.8) is 0 Å². The number of hydrogen-bond acceptors (Lipinski definition) is 2. The fourth-order valence-electron chi connectivity index (χ4n) is 2.88. The number of benzene rings is 2. The molecule has 1 aliphatic rings. The maximum atomic E-state index is 13.1. The Morgan fingerprint density at radius 1 is 1.12 bits per heavy atom. The van der Waals surface area contributed by atoms with Crippen molar-refractivity contribution < 1.29 is 4.39 Å². The van der Waals surface area contributed by atoms with Gasteiger partial charge >= 0.3 is 0 Å². The van der Waals surface area contributed by atoms with Crippen LogP contribution < -0.4 is 0 Å². The largest absolute Gasteiger partial charge is 0.345 e. The van der Waals surface area contributed by atoms with Gasteiger partial charge in [0.2, 0.25) is 0 Å². The van der Waals surface area contributed by atoms with Crippen molar-refractivity contribution in [2.45, 2.75) is 32.4 Å². The summed E-state index contributed by atoms with van der Waals surface area (Å²) in [6.07, 6.45) is 4.40. The van der Waals surface area contributed by atoms with Gasteiger partial charge in [0.05, 0.1) is 6.04 Å². The molecule has 0 aromatic heterocycles. The van der Waals surface area contributed by atoms with Gasteiger partial charge in [0.15, 0.2) is 0 Å². The highest BCUT2D eigenvalue weighted by Crippen LogP contribution is 2.39. The summed E-state index contributed by atoms with van der Waals surface area (Å²) in [7, 11) is 0. The zero-order valence-electron chi connectivity index (χ0n) is 13.6. The fourth-order valence-corrected chi connectivity index (χ4v) is 4.45. The highest BCUT2D eigenvalue weighted by atomic mass is 32.2. The molecule has 124 valence electrons. The third kappa shape index (κ3) is 4.05. The molecule has 1 heterocycles. The van der Waals surface area contributed by atoms with E-state index in [4.69, 9.17) is 12.2 Å². The van der Waals surface area contributed by atoms with Crippen molar-refractivity contribution in [3.8, 4) is 0 Å². The van der Waals surface area contributed by atoms with E-state index >= 15 is 0 Å². The van der Waals surface area contributed by atoms with E-state index in [2.05, 4.69) is 42.2 Å². The SMILES string of the molecule is CCCC1/C(=C/c2ccccc2)SC(=S)N1Cc1ccc(F)cc1. The molecule has 24 heavy (non-hydrogen) atoms. The molecule has 0 bridgehead atoms. The van der Waals surface area contributed by atoms with Crippen LogP contribution in [0.1, 0.15) is 30.9 Å². The second kappa shape index (κ2) is 7.95. The molecule has 0 saturated carbocycles. The molecule has 0 radical (unpaired) electrons. The van der Waals surface area contributed by atoms with Gasteiger partial charge in [0.25, 0.3) is 0 Å². The van der Waals surface area contributed by atoms with Gasteiger partial charge < -0.3 is 4.90 Å². The predicted molar refractivity (Wildman–Crippen MR) is 105 cm³/mol. The molecule has 0 N–H and O–H groups in total. The Morgan fingerprint density at radius 3 is 2.50 bits per heavy atom. The zero-order chi connectivity index (χ0) is 16.9. The van der Waals surface area contributed by atoms with Crippen LogP contribution in [0.2, 0.25) is 0 Å². The maximum absolute atomic E-state index is 13.1. The van der Waals surface area contributed by atoms with Gasteiger partial charge in [-0.3, -0.25) is 0 Å². The Bertz CT molecular complexity index is 725. The van der Waals surface area contributed by atoms with E-state index in [1.165, 1.54) is 22.6 Å². The topological polar surface area (TPSA) is 3.24 Å². The van der Waals surface area contributed by atoms with Crippen LogP contribution >= 0.6 is 24.0 Å². The van der Waals surface area contributed by atoms with Gasteiger partial charge in [-0.25, -0.2) is 4.39 Å². The first-order chi connectivity index (χ1) is 11.7. The van der Waals surface area contributed by atoms with Crippen LogP contribution in [0.5, 0.6) is 0 Å². The van der Waals surface area contributed by atoms with Gasteiger partial charge in [0, 0.05) is 11.4 Å². The summed E-state index contributed by atoms with van der Waals surface area (Å²) in [5, 5.41) is 0. The molecule has 1 fully saturated rings. The van der Waals surface area contributed by atoms with Crippen molar-refractivity contribution in [2.24, 2.45) is 0 Å². The van der Waals surface area contributed by atoms with E-state index < -0.39 is 0 Å². The molecular weight excluding hydrogens is 337 g/mol. The van der Waals surface area contributed by atoms with E-state index in [-0.39, 0.29) is 5.82 Å². The lowest BCUT2D eigenvalue weighted by atomic mass is 10.1. The van der Waals surface area contributed by atoms with Gasteiger partial charge in [-0.2, -0.15) is 0 Å². The minimum Gasteiger partial charge on any atom is -0.345 e. The van der Waals surface area contributed by atoms with Crippen molar-refractivity contribution in [3.05, 3.63) is 76.4 Å². The molecule has 2 aromatic rings. The monoisotopic (exact) mass is 357 g/mol. The highest BCUT2D eigenvalue weighted by Gasteiger charge is 2.32. The summed E-state index contributed by atoms with van der Waals surface area (Å²) < 4.78 is 14.0. The third-order valence-electron chi connectivity index (χ3n) is 4.08. The summed E-state index contributed by atoms with van der Waals surface area (Å²) in [5.74, 6) is -0.202. The zero-order valence-corrected chi connectivity index (χ0v) is 15.2. The Morgan fingerprint density at radius 2 is 1.83 bits per heavy atom. The molecule has 0 amide bonds. The van der Waals surface area contributed by atoms with E-state index in [0.717, 1.165) is 29.3 Å². The Hall–Kier alpha value is -1.65. The minimum absolute atomic E-state index is 0.202. The number of thiocarbonyl (C=S) groups is 1. The summed E-state index contributed by atoms with van der Waals surface area (Å²) in [5.41, 5.74) is 2.29. The molecule has 1 aliphatic heterocycles. The Kier molecular flexibility index (Phi) is 5.69. The van der Waals surface area contributed by atoms with E-state index in [1.807, 2.05) is 18.2 Å². The smallest absolute Gasteiger partial charge is 0.141 e. The second-order valence-electron chi connectivity index (χ2n) is 5.88. The average molecular weight is 358 g/mol. The van der Waals surface area contributed by atoms with Gasteiger partial charge in [0.1, 0.15) is 10.1 Å². The molecular formula is C20H20FNS2. The molecule has 1 nitrogen and oxygen atoms in total. The molecule has 1 unspecified atom stereocenters. The molecule has 1 atom stereocenters.